The van der Waals surface area contributed by atoms with Gasteiger partial charge >= 0.3 is 0 Å². The molecule has 1 aliphatic rings. The third-order valence-corrected chi connectivity index (χ3v) is 4.27. The van der Waals surface area contributed by atoms with E-state index in [9.17, 15) is 4.79 Å². The second-order valence-electron chi connectivity index (χ2n) is 5.99. The molecule has 1 saturated heterocycles. The maximum atomic E-state index is 12.1. The molecule has 0 N–H and O–H groups in total. The van der Waals surface area contributed by atoms with E-state index in [0.717, 1.165) is 36.5 Å². The fraction of sp³-hybridized carbons (Fsp3) is 0.300. The molecule has 2 aromatic rings. The van der Waals surface area contributed by atoms with E-state index in [1.54, 1.807) is 37.7 Å². The van der Waals surface area contributed by atoms with E-state index < -0.39 is 0 Å². The van der Waals surface area contributed by atoms with Crippen molar-refractivity contribution in [3.63, 3.8) is 0 Å². The zero-order valence-electron chi connectivity index (χ0n) is 13.9. The minimum atomic E-state index is -0.0417. The molecule has 24 heavy (non-hydrogen) atoms. The Labute approximate surface area is 142 Å². The van der Waals surface area contributed by atoms with Crippen molar-refractivity contribution in [1.29, 1.82) is 0 Å². The van der Waals surface area contributed by atoms with Crippen molar-refractivity contribution in [3.05, 3.63) is 65.5 Å². The largest absolute Gasteiger partial charge is 0.496 e. The number of pyridine rings is 1. The highest BCUT2D eigenvalue weighted by atomic mass is 16.5. The van der Waals surface area contributed by atoms with E-state index >= 15 is 0 Å². The summed E-state index contributed by atoms with van der Waals surface area (Å²) >= 11 is 0. The molecule has 1 aliphatic heterocycles. The second kappa shape index (κ2) is 7.88. The summed E-state index contributed by atoms with van der Waals surface area (Å²) < 4.78 is 5.48. The number of benzene rings is 1. The minimum absolute atomic E-state index is 0.0417. The molecular weight excluding hydrogens is 300 g/mol. The van der Waals surface area contributed by atoms with Gasteiger partial charge in [-0.1, -0.05) is 12.1 Å². The van der Waals surface area contributed by atoms with E-state index in [4.69, 9.17) is 4.74 Å². The molecule has 0 bridgehead atoms. The highest BCUT2D eigenvalue weighted by Gasteiger charge is 2.14. The van der Waals surface area contributed by atoms with E-state index in [1.165, 1.54) is 12.8 Å². The predicted octanol–water partition coefficient (Wildman–Crippen LogP) is 3.58. The molecular formula is C20H22N2O2. The van der Waals surface area contributed by atoms with Crippen LogP contribution in [0.1, 0.15) is 34.3 Å². The maximum Gasteiger partial charge on any atom is 0.187 e. The van der Waals surface area contributed by atoms with Crippen molar-refractivity contribution in [2.75, 3.05) is 20.2 Å². The summed E-state index contributed by atoms with van der Waals surface area (Å²) in [7, 11) is 1.70. The van der Waals surface area contributed by atoms with Gasteiger partial charge in [0.1, 0.15) is 5.75 Å². The Morgan fingerprint density at radius 3 is 2.83 bits per heavy atom. The third kappa shape index (κ3) is 4.09. The Morgan fingerprint density at radius 1 is 1.29 bits per heavy atom. The predicted molar refractivity (Wildman–Crippen MR) is 95.1 cm³/mol. The molecule has 1 fully saturated rings. The number of likely N-dealkylation sites (tertiary alicyclic amines) is 1. The molecule has 0 amide bonds. The number of ketones is 1. The van der Waals surface area contributed by atoms with Crippen LogP contribution in [0.3, 0.4) is 0 Å². The van der Waals surface area contributed by atoms with Gasteiger partial charge in [0.2, 0.25) is 0 Å². The summed E-state index contributed by atoms with van der Waals surface area (Å²) in [6.07, 6.45) is 9.22. The van der Waals surface area contributed by atoms with Crippen molar-refractivity contribution < 1.29 is 9.53 Å². The first-order valence-corrected chi connectivity index (χ1v) is 8.28. The third-order valence-electron chi connectivity index (χ3n) is 4.27. The van der Waals surface area contributed by atoms with Crippen molar-refractivity contribution in [1.82, 2.24) is 9.88 Å². The van der Waals surface area contributed by atoms with Gasteiger partial charge in [0, 0.05) is 30.1 Å². The van der Waals surface area contributed by atoms with Gasteiger partial charge in [-0.3, -0.25) is 14.7 Å². The molecule has 0 aliphatic carbocycles. The topological polar surface area (TPSA) is 42.4 Å². The molecule has 2 heterocycles. The maximum absolute atomic E-state index is 12.1. The zero-order valence-corrected chi connectivity index (χ0v) is 13.9. The van der Waals surface area contributed by atoms with Gasteiger partial charge in [-0.2, -0.15) is 0 Å². The molecule has 0 atom stereocenters. The Hall–Kier alpha value is -2.46. The number of nitrogens with zero attached hydrogens (tertiary/aromatic N) is 2. The lowest BCUT2D eigenvalue weighted by atomic mass is 10.1. The van der Waals surface area contributed by atoms with Gasteiger partial charge in [0.25, 0.3) is 0 Å². The summed E-state index contributed by atoms with van der Waals surface area (Å²) in [4.78, 5) is 18.6. The first-order chi connectivity index (χ1) is 11.8. The van der Waals surface area contributed by atoms with E-state index in [0.29, 0.717) is 5.56 Å². The molecule has 3 rings (SSSR count). The Bertz CT molecular complexity index is 720. The minimum Gasteiger partial charge on any atom is -0.496 e. The van der Waals surface area contributed by atoms with Crippen LogP contribution in [0.25, 0.3) is 6.08 Å². The molecule has 1 aromatic carbocycles. The van der Waals surface area contributed by atoms with E-state index in [-0.39, 0.29) is 5.78 Å². The quantitative estimate of drug-likeness (QED) is 0.602. The van der Waals surface area contributed by atoms with Crippen molar-refractivity contribution in [2.45, 2.75) is 19.4 Å². The van der Waals surface area contributed by atoms with Gasteiger partial charge < -0.3 is 4.74 Å². The van der Waals surface area contributed by atoms with Gasteiger partial charge in [-0.15, -0.1) is 0 Å². The van der Waals surface area contributed by atoms with Gasteiger partial charge in [-0.05, 0) is 61.8 Å². The molecule has 1 aromatic heterocycles. The Balaban J connectivity index is 1.75. The first-order valence-electron chi connectivity index (χ1n) is 8.28. The number of carbonyl (C=O) groups is 1. The monoisotopic (exact) mass is 322 g/mol. The van der Waals surface area contributed by atoms with Crippen molar-refractivity contribution in [2.24, 2.45) is 0 Å². The van der Waals surface area contributed by atoms with Crippen LogP contribution in [-0.2, 0) is 6.54 Å². The van der Waals surface area contributed by atoms with Crippen LogP contribution in [0.4, 0.5) is 0 Å². The van der Waals surface area contributed by atoms with Gasteiger partial charge in [0.15, 0.2) is 5.78 Å². The molecule has 4 heteroatoms. The summed E-state index contributed by atoms with van der Waals surface area (Å²) in [5.41, 5.74) is 2.76. The van der Waals surface area contributed by atoms with Gasteiger partial charge in [0.05, 0.1) is 7.11 Å². The molecule has 0 saturated carbocycles. The van der Waals surface area contributed by atoms with Crippen molar-refractivity contribution >= 4 is 11.9 Å². The summed E-state index contributed by atoms with van der Waals surface area (Å²) in [6.45, 7) is 3.17. The van der Waals surface area contributed by atoms with Crippen LogP contribution in [0.2, 0.25) is 0 Å². The van der Waals surface area contributed by atoms with Crippen LogP contribution in [0.15, 0.2) is 48.8 Å². The van der Waals surface area contributed by atoms with Crippen LogP contribution < -0.4 is 4.74 Å². The Morgan fingerprint density at radius 2 is 2.12 bits per heavy atom. The highest BCUT2D eigenvalue weighted by Crippen LogP contribution is 2.24. The lowest BCUT2D eigenvalue weighted by Crippen LogP contribution is -2.18. The van der Waals surface area contributed by atoms with E-state index in [2.05, 4.69) is 16.0 Å². The number of allylic oxidation sites excluding steroid dienone is 1. The molecule has 0 unspecified atom stereocenters. The summed E-state index contributed by atoms with van der Waals surface area (Å²) in [5, 5.41) is 0. The SMILES string of the molecule is COc1ccc(/C=C/C(=O)c2cccnc2)cc1CN1CCCC1. The molecule has 0 spiro atoms. The number of hydrogen-bond acceptors (Lipinski definition) is 4. The zero-order chi connectivity index (χ0) is 16.8. The smallest absolute Gasteiger partial charge is 0.187 e. The van der Waals surface area contributed by atoms with Crippen molar-refractivity contribution in [3.8, 4) is 5.75 Å². The molecule has 0 radical (unpaired) electrons. The van der Waals surface area contributed by atoms with Crippen LogP contribution in [0.5, 0.6) is 5.75 Å². The fourth-order valence-corrected chi connectivity index (χ4v) is 2.98. The number of carbonyl (C=O) groups excluding carboxylic acids is 1. The number of rotatable bonds is 6. The second-order valence-corrected chi connectivity index (χ2v) is 5.99. The number of hydrogen-bond donors (Lipinski definition) is 0. The highest BCUT2D eigenvalue weighted by molar-refractivity contribution is 6.06. The number of aromatic nitrogens is 1. The van der Waals surface area contributed by atoms with Crippen LogP contribution >= 0.6 is 0 Å². The average molecular weight is 322 g/mol. The molecule has 4 nitrogen and oxygen atoms in total. The fourth-order valence-electron chi connectivity index (χ4n) is 2.98. The number of methoxy groups -OCH3 is 1. The average Bonchev–Trinajstić information content (AvgIpc) is 3.13. The number of ether oxygens (including phenoxy) is 1. The summed E-state index contributed by atoms with van der Waals surface area (Å²) in [6, 6.07) is 9.58. The van der Waals surface area contributed by atoms with Crippen LogP contribution in [0, 0.1) is 0 Å². The summed E-state index contributed by atoms with van der Waals surface area (Å²) in [5.74, 6) is 0.859. The van der Waals surface area contributed by atoms with E-state index in [1.807, 2.05) is 18.2 Å². The van der Waals surface area contributed by atoms with Gasteiger partial charge in [-0.25, -0.2) is 0 Å². The van der Waals surface area contributed by atoms with Crippen LogP contribution in [-0.4, -0.2) is 35.9 Å². The normalized spacial score (nSPS) is 15.0. The molecule has 124 valence electrons. The lowest BCUT2D eigenvalue weighted by molar-refractivity contribution is 0.104. The Kier molecular flexibility index (Phi) is 5.39. The first kappa shape index (κ1) is 16.4. The standard InChI is InChI=1S/C20H22N2O2/c1-24-20-9-7-16(13-18(20)15-22-11-2-3-12-22)6-8-19(23)17-5-4-10-21-14-17/h4-10,13-14H,2-3,11-12,15H2,1H3/b8-6+. The lowest BCUT2D eigenvalue weighted by Gasteiger charge is -2.17.